The van der Waals surface area contributed by atoms with Crippen molar-refractivity contribution in [1.82, 2.24) is 4.57 Å². The molecule has 0 saturated heterocycles. The predicted molar refractivity (Wildman–Crippen MR) is 97.0 cm³/mol. The van der Waals surface area contributed by atoms with Gasteiger partial charge in [-0.15, -0.1) is 0 Å². The van der Waals surface area contributed by atoms with E-state index in [0.717, 1.165) is 4.47 Å². The molecule has 0 unspecified atom stereocenters. The van der Waals surface area contributed by atoms with Gasteiger partial charge in [-0.2, -0.15) is 0 Å². The van der Waals surface area contributed by atoms with E-state index in [2.05, 4.69) is 84.0 Å². The molecule has 1 nitrogen and oxygen atoms in total. The summed E-state index contributed by atoms with van der Waals surface area (Å²) in [7, 11) is -1.03. The average Bonchev–Trinajstić information content (AvgIpc) is 2.86. The number of nitrogens with zero attached hydrogens (tertiary/aromatic N) is 1. The lowest BCUT2D eigenvalue weighted by molar-refractivity contribution is 1.14. The molecule has 2 rings (SSSR count). The molecule has 0 amide bonds. The van der Waals surface area contributed by atoms with Crippen molar-refractivity contribution in [2.45, 2.75) is 44.9 Å². The van der Waals surface area contributed by atoms with Gasteiger partial charge in [0.05, 0.1) is 13.6 Å². The van der Waals surface area contributed by atoms with Crippen LogP contribution in [0.1, 0.15) is 20.8 Å². The maximum atomic E-state index is 3.53. The average molecular weight is 350 g/mol. The first-order valence-electron chi connectivity index (χ1n) is 7.57. The van der Waals surface area contributed by atoms with Gasteiger partial charge in [-0.3, -0.25) is 0 Å². The van der Waals surface area contributed by atoms with Gasteiger partial charge in [0.15, 0.2) is 0 Å². The van der Waals surface area contributed by atoms with Crippen LogP contribution in [0, 0.1) is 0 Å². The first kappa shape index (κ1) is 15.6. The van der Waals surface area contributed by atoms with Crippen molar-refractivity contribution < 1.29 is 0 Å². The van der Waals surface area contributed by atoms with E-state index in [4.69, 9.17) is 0 Å². The Bertz CT molecular complexity index is 588. The standard InChI is InChI=1S/C17H24BrNSi/c1-4-20(5-2,6-3)13-7-11-19-12-10-15-14-16(18)8-9-17(15)19/h7-12,14H,4-6,13H2,1-3H3. The SMILES string of the molecule is CC[Si](CC)(CC)CC=Cn1ccc2cc(Br)ccc21. The van der Waals surface area contributed by atoms with Gasteiger partial charge in [-0.1, -0.05) is 60.9 Å². The molecular formula is C17H24BrNSi. The van der Waals surface area contributed by atoms with Gasteiger partial charge < -0.3 is 4.57 Å². The Hall–Kier alpha value is -0.803. The number of allylic oxidation sites excluding steroid dienone is 1. The van der Waals surface area contributed by atoms with Crippen molar-refractivity contribution in [3.8, 4) is 0 Å². The van der Waals surface area contributed by atoms with Crippen LogP contribution < -0.4 is 0 Å². The van der Waals surface area contributed by atoms with Crippen LogP contribution in [0.2, 0.25) is 24.2 Å². The molecule has 0 saturated carbocycles. The minimum atomic E-state index is -1.03. The molecule has 0 bridgehead atoms. The fraction of sp³-hybridized carbons (Fsp3) is 0.412. The van der Waals surface area contributed by atoms with Crippen LogP contribution in [0.3, 0.4) is 0 Å². The third kappa shape index (κ3) is 3.26. The summed E-state index contributed by atoms with van der Waals surface area (Å²) in [5.74, 6) is 0. The van der Waals surface area contributed by atoms with Crippen LogP contribution in [0.5, 0.6) is 0 Å². The summed E-state index contributed by atoms with van der Waals surface area (Å²) >= 11 is 3.53. The highest BCUT2D eigenvalue weighted by Gasteiger charge is 2.24. The smallest absolute Gasteiger partial charge is 0.0565 e. The van der Waals surface area contributed by atoms with E-state index in [1.165, 1.54) is 35.1 Å². The topological polar surface area (TPSA) is 4.93 Å². The van der Waals surface area contributed by atoms with Crippen LogP contribution in [-0.2, 0) is 0 Å². The molecule has 1 aromatic carbocycles. The zero-order valence-corrected chi connectivity index (χ0v) is 15.3. The van der Waals surface area contributed by atoms with Gasteiger partial charge in [0.25, 0.3) is 0 Å². The molecule has 0 aliphatic rings. The Labute approximate surface area is 131 Å². The zero-order chi connectivity index (χ0) is 14.6. The van der Waals surface area contributed by atoms with Crippen LogP contribution >= 0.6 is 15.9 Å². The van der Waals surface area contributed by atoms with Crippen LogP contribution in [-0.4, -0.2) is 12.6 Å². The molecule has 0 spiro atoms. The molecule has 0 atom stereocenters. The molecule has 3 heteroatoms. The summed E-state index contributed by atoms with van der Waals surface area (Å²) in [5.41, 5.74) is 1.28. The minimum absolute atomic E-state index is 1.03. The number of rotatable bonds is 6. The van der Waals surface area contributed by atoms with Gasteiger partial charge in [-0.05, 0) is 30.3 Å². The molecule has 0 N–H and O–H groups in total. The van der Waals surface area contributed by atoms with Crippen molar-refractivity contribution >= 4 is 41.1 Å². The second-order valence-electron chi connectivity index (χ2n) is 5.58. The van der Waals surface area contributed by atoms with E-state index < -0.39 is 8.07 Å². The lowest BCUT2D eigenvalue weighted by Gasteiger charge is -2.26. The monoisotopic (exact) mass is 349 g/mol. The molecule has 20 heavy (non-hydrogen) atoms. The first-order valence-corrected chi connectivity index (χ1v) is 11.2. The van der Waals surface area contributed by atoms with Crippen LogP contribution in [0.15, 0.2) is 41.0 Å². The largest absolute Gasteiger partial charge is 0.324 e. The van der Waals surface area contributed by atoms with Gasteiger partial charge in [0.2, 0.25) is 0 Å². The number of fused-ring (bicyclic) bond motifs is 1. The maximum absolute atomic E-state index is 3.53. The second kappa shape index (κ2) is 6.77. The van der Waals surface area contributed by atoms with E-state index in [1.54, 1.807) is 0 Å². The number of hydrogen-bond acceptors (Lipinski definition) is 0. The molecule has 0 aliphatic carbocycles. The van der Waals surface area contributed by atoms with Gasteiger partial charge in [0.1, 0.15) is 0 Å². The van der Waals surface area contributed by atoms with Gasteiger partial charge in [0, 0.05) is 22.3 Å². The first-order chi connectivity index (χ1) is 9.64. The summed E-state index contributed by atoms with van der Waals surface area (Å²) < 4.78 is 3.38. The van der Waals surface area contributed by atoms with Crippen molar-refractivity contribution in [3.63, 3.8) is 0 Å². The van der Waals surface area contributed by atoms with Crippen molar-refractivity contribution in [3.05, 3.63) is 41.0 Å². The Balaban J connectivity index is 2.18. The summed E-state index contributed by atoms with van der Waals surface area (Å²) in [4.78, 5) is 0. The molecule has 0 radical (unpaired) electrons. The summed E-state index contributed by atoms with van der Waals surface area (Å²) in [6.07, 6.45) is 6.80. The van der Waals surface area contributed by atoms with E-state index in [-0.39, 0.29) is 0 Å². The molecule has 0 fully saturated rings. The molecule has 2 aromatic rings. The lowest BCUT2D eigenvalue weighted by Crippen LogP contribution is -2.29. The zero-order valence-electron chi connectivity index (χ0n) is 12.7. The minimum Gasteiger partial charge on any atom is -0.324 e. The van der Waals surface area contributed by atoms with Crippen molar-refractivity contribution in [2.75, 3.05) is 0 Å². The summed E-state index contributed by atoms with van der Waals surface area (Å²) in [5, 5.41) is 1.29. The Morgan fingerprint density at radius 1 is 1.10 bits per heavy atom. The predicted octanol–water partition coefficient (Wildman–Crippen LogP) is 6.38. The highest BCUT2D eigenvalue weighted by atomic mass is 79.9. The molecule has 1 heterocycles. The number of hydrogen-bond donors (Lipinski definition) is 0. The van der Waals surface area contributed by atoms with Crippen LogP contribution in [0.25, 0.3) is 17.1 Å². The molecular weight excluding hydrogens is 326 g/mol. The Morgan fingerprint density at radius 3 is 2.45 bits per heavy atom. The highest BCUT2D eigenvalue weighted by molar-refractivity contribution is 9.10. The van der Waals surface area contributed by atoms with E-state index in [9.17, 15) is 0 Å². The third-order valence-electron chi connectivity index (χ3n) is 4.75. The maximum Gasteiger partial charge on any atom is 0.0565 e. The fourth-order valence-electron chi connectivity index (χ4n) is 2.86. The molecule has 1 aromatic heterocycles. The fourth-order valence-corrected chi connectivity index (χ4v) is 6.21. The number of benzene rings is 1. The normalized spacial score (nSPS) is 12.6. The Morgan fingerprint density at radius 2 is 1.80 bits per heavy atom. The quantitative estimate of drug-likeness (QED) is 0.533. The highest BCUT2D eigenvalue weighted by Crippen LogP contribution is 2.26. The summed E-state index contributed by atoms with van der Waals surface area (Å²) in [6, 6.07) is 14.1. The van der Waals surface area contributed by atoms with E-state index in [0.29, 0.717) is 0 Å². The number of aromatic nitrogens is 1. The van der Waals surface area contributed by atoms with Gasteiger partial charge in [-0.25, -0.2) is 0 Å². The lowest BCUT2D eigenvalue weighted by atomic mass is 10.2. The third-order valence-corrected chi connectivity index (χ3v) is 10.8. The second-order valence-corrected chi connectivity index (χ2v) is 12.0. The Kier molecular flexibility index (Phi) is 5.27. The summed E-state index contributed by atoms with van der Waals surface area (Å²) in [6.45, 7) is 7.11. The van der Waals surface area contributed by atoms with E-state index >= 15 is 0 Å². The van der Waals surface area contributed by atoms with Crippen molar-refractivity contribution in [1.29, 1.82) is 0 Å². The molecule has 0 aliphatic heterocycles. The van der Waals surface area contributed by atoms with E-state index in [1.807, 2.05) is 0 Å². The van der Waals surface area contributed by atoms with Crippen molar-refractivity contribution in [2.24, 2.45) is 0 Å². The molecule has 108 valence electrons. The van der Waals surface area contributed by atoms with Crippen LogP contribution in [0.4, 0.5) is 0 Å². The number of halogens is 1. The van der Waals surface area contributed by atoms with Gasteiger partial charge >= 0.3 is 0 Å².